The first-order valence-corrected chi connectivity index (χ1v) is 21.5. The number of rotatable bonds is 25. The predicted molar refractivity (Wildman–Crippen MR) is 225 cm³/mol. The highest BCUT2D eigenvalue weighted by Crippen LogP contribution is 2.16. The minimum Gasteiger partial charge on any atom is -0.508 e. The van der Waals surface area contributed by atoms with Crippen molar-refractivity contribution in [2.24, 2.45) is 5.92 Å². The van der Waals surface area contributed by atoms with E-state index in [-0.39, 0.29) is 54.6 Å². The maximum Gasteiger partial charge on any atom is 0.326 e. The van der Waals surface area contributed by atoms with Gasteiger partial charge in [0.2, 0.25) is 17.7 Å². The summed E-state index contributed by atoms with van der Waals surface area (Å²) in [6, 6.07) is 4.63. The number of carbonyl (C=O) groups excluding carboxylic acids is 5. The number of hydrogen-bond acceptors (Lipinski definition) is 9. The molecule has 5 N–H and O–H groups in total. The summed E-state index contributed by atoms with van der Waals surface area (Å²) in [5.41, 5.74) is 0.669. The van der Waals surface area contributed by atoms with Crippen molar-refractivity contribution in [3.05, 3.63) is 29.8 Å². The van der Waals surface area contributed by atoms with Gasteiger partial charge in [0.05, 0.1) is 24.7 Å². The fraction of sp³-hybridized carbons (Fsp3) is 0.727. The van der Waals surface area contributed by atoms with Crippen LogP contribution in [0.4, 0.5) is 0 Å². The van der Waals surface area contributed by atoms with Crippen LogP contribution in [0.25, 0.3) is 0 Å². The highest BCUT2D eigenvalue weighted by atomic mass is 16.4. The SMILES string of the molecule is CCCCCCCCCCCCCCCC(=O)NC(C=O)C(C)C.CN1CCCC1C(=O)NCC(=O)NC(Cc1ccc(O)cc1)C(=O)O.CN1CCCC1C=O. The topological polar surface area (TPSA) is 185 Å². The van der Waals surface area contributed by atoms with Crippen LogP contribution < -0.4 is 16.0 Å². The molecule has 0 spiro atoms. The number of nitrogens with one attached hydrogen (secondary N) is 3. The predicted octanol–water partition coefficient (Wildman–Crippen LogP) is 5.80. The number of unbranched alkanes of at least 4 members (excludes halogenated alkanes) is 12. The standard InChI is InChI=1S/C21H41NO2.C17H23N3O5.C6H11NO/c1-4-5-6-7-8-9-10-11-12-13-14-15-16-17-21(24)22-20(18-23)19(2)3;1-20-8-2-3-14(20)16(23)18-10-15(22)19-13(17(24)25)9-11-4-6-12(21)7-5-11;1-7-4-2-3-6(7)5-8/h18-20H,4-17H2,1-3H3,(H,22,24);4-7,13-14,21H,2-3,8-10H2,1H3,(H,18,23)(H,19,22)(H,24,25);5-6H,2-4H2,1H3. The lowest BCUT2D eigenvalue weighted by Crippen LogP contribution is -2.49. The van der Waals surface area contributed by atoms with E-state index in [0.29, 0.717) is 12.0 Å². The highest BCUT2D eigenvalue weighted by Gasteiger charge is 2.28. The van der Waals surface area contributed by atoms with Crippen LogP contribution in [-0.2, 0) is 35.2 Å². The quantitative estimate of drug-likeness (QED) is 0.0598. The monoisotopic (exact) mass is 802 g/mol. The number of carboxylic acids is 1. The average Bonchev–Trinajstić information content (AvgIpc) is 3.82. The van der Waals surface area contributed by atoms with Gasteiger partial charge in [0.1, 0.15) is 24.4 Å². The number of carboxylic acid groups (broad SMARTS) is 1. The fourth-order valence-corrected chi connectivity index (χ4v) is 6.87. The summed E-state index contributed by atoms with van der Waals surface area (Å²) in [6.45, 7) is 7.83. The molecule has 2 aliphatic rings. The summed E-state index contributed by atoms with van der Waals surface area (Å²) in [7, 11) is 3.85. The Morgan fingerprint density at radius 1 is 0.772 bits per heavy atom. The van der Waals surface area contributed by atoms with Gasteiger partial charge >= 0.3 is 5.97 Å². The van der Waals surface area contributed by atoms with E-state index in [9.17, 15) is 39.0 Å². The Morgan fingerprint density at radius 2 is 1.32 bits per heavy atom. The van der Waals surface area contributed by atoms with Crippen molar-refractivity contribution in [3.8, 4) is 5.75 Å². The second kappa shape index (κ2) is 31.2. The number of phenols is 1. The maximum atomic E-state index is 12.0. The van der Waals surface area contributed by atoms with Crippen LogP contribution in [0.2, 0.25) is 0 Å². The molecule has 13 heteroatoms. The number of benzene rings is 1. The first-order chi connectivity index (χ1) is 27.3. The first-order valence-electron chi connectivity index (χ1n) is 21.5. The van der Waals surface area contributed by atoms with Crippen molar-refractivity contribution >= 4 is 36.3 Å². The zero-order valence-corrected chi connectivity index (χ0v) is 35.6. The molecule has 3 rings (SSSR count). The summed E-state index contributed by atoms with van der Waals surface area (Å²) >= 11 is 0. The third kappa shape index (κ3) is 23.9. The fourth-order valence-electron chi connectivity index (χ4n) is 6.87. The van der Waals surface area contributed by atoms with Gasteiger partial charge in [-0.05, 0) is 82.9 Å². The molecule has 2 aliphatic heterocycles. The van der Waals surface area contributed by atoms with Crippen LogP contribution >= 0.6 is 0 Å². The van der Waals surface area contributed by atoms with Crippen LogP contribution in [0.15, 0.2) is 24.3 Å². The average molecular weight is 802 g/mol. The van der Waals surface area contributed by atoms with Gasteiger partial charge in [-0.15, -0.1) is 0 Å². The summed E-state index contributed by atoms with van der Waals surface area (Å²) < 4.78 is 0. The number of aliphatic carboxylic acids is 1. The van der Waals surface area contributed by atoms with E-state index in [1.807, 2.05) is 32.8 Å². The van der Waals surface area contributed by atoms with Crippen molar-refractivity contribution in [1.82, 2.24) is 25.8 Å². The maximum absolute atomic E-state index is 12.0. The largest absolute Gasteiger partial charge is 0.508 e. The number of carbonyl (C=O) groups is 6. The Hall–Kier alpha value is -3.84. The summed E-state index contributed by atoms with van der Waals surface area (Å²) in [5.74, 6) is -1.68. The second-order valence-electron chi connectivity index (χ2n) is 16.0. The molecule has 0 radical (unpaired) electrons. The van der Waals surface area contributed by atoms with Crippen molar-refractivity contribution < 1.29 is 39.0 Å². The number of likely N-dealkylation sites (tertiary alicyclic amines) is 2. The number of hydrogen-bond donors (Lipinski definition) is 5. The van der Waals surface area contributed by atoms with Gasteiger partial charge in [0.25, 0.3) is 0 Å². The van der Waals surface area contributed by atoms with Crippen LogP contribution in [0.1, 0.15) is 142 Å². The number of nitrogens with zero attached hydrogens (tertiary/aromatic N) is 2. The molecule has 13 nitrogen and oxygen atoms in total. The van der Waals surface area contributed by atoms with Gasteiger partial charge in [0, 0.05) is 12.8 Å². The molecule has 1 aromatic carbocycles. The van der Waals surface area contributed by atoms with E-state index in [2.05, 4.69) is 27.8 Å². The summed E-state index contributed by atoms with van der Waals surface area (Å²) in [6.07, 6.45) is 23.5. The summed E-state index contributed by atoms with van der Waals surface area (Å²) in [5, 5.41) is 26.3. The normalized spacial score (nSPS) is 17.6. The number of aldehydes is 2. The molecule has 4 atom stereocenters. The van der Waals surface area contributed by atoms with Gasteiger partial charge in [-0.2, -0.15) is 0 Å². The highest BCUT2D eigenvalue weighted by molar-refractivity contribution is 5.89. The number of aromatic hydroxyl groups is 1. The van der Waals surface area contributed by atoms with Crippen LogP contribution in [0, 0.1) is 5.92 Å². The summed E-state index contributed by atoms with van der Waals surface area (Å²) in [4.78, 5) is 72.1. The number of phenolic OH excluding ortho intramolecular Hbond substituents is 1. The van der Waals surface area contributed by atoms with E-state index in [0.717, 1.165) is 57.8 Å². The van der Waals surface area contributed by atoms with Crippen molar-refractivity contribution in [2.45, 2.75) is 167 Å². The Labute approximate surface area is 342 Å². The number of likely N-dealkylation sites (N-methyl/N-ethyl adjacent to an activating group) is 2. The Balaban J connectivity index is 0.000000477. The first kappa shape index (κ1) is 51.2. The third-order valence-corrected chi connectivity index (χ3v) is 10.7. The molecule has 324 valence electrons. The van der Waals surface area contributed by atoms with Crippen LogP contribution in [0.5, 0.6) is 5.75 Å². The van der Waals surface area contributed by atoms with E-state index < -0.39 is 17.9 Å². The molecule has 57 heavy (non-hydrogen) atoms. The van der Waals surface area contributed by atoms with E-state index in [1.54, 1.807) is 12.1 Å². The molecular formula is C44H75N5O8. The molecule has 4 unspecified atom stereocenters. The lowest BCUT2D eigenvalue weighted by Gasteiger charge is -2.19. The molecule has 3 amide bonds. The molecule has 0 aromatic heterocycles. The molecule has 2 heterocycles. The molecule has 0 saturated carbocycles. The van der Waals surface area contributed by atoms with E-state index >= 15 is 0 Å². The minimum absolute atomic E-state index is 0.0175. The van der Waals surface area contributed by atoms with Crippen molar-refractivity contribution in [1.29, 1.82) is 0 Å². The lowest BCUT2D eigenvalue weighted by molar-refractivity contribution is -0.141. The Morgan fingerprint density at radius 3 is 1.75 bits per heavy atom. The Bertz CT molecular complexity index is 1290. The molecule has 2 fully saturated rings. The van der Waals surface area contributed by atoms with Gasteiger partial charge in [-0.1, -0.05) is 110 Å². The van der Waals surface area contributed by atoms with Gasteiger partial charge in [-0.3, -0.25) is 24.2 Å². The zero-order valence-electron chi connectivity index (χ0n) is 35.6. The molecule has 1 aromatic rings. The van der Waals surface area contributed by atoms with Gasteiger partial charge in [0.15, 0.2) is 0 Å². The number of amides is 3. The minimum atomic E-state index is -1.16. The smallest absolute Gasteiger partial charge is 0.326 e. The van der Waals surface area contributed by atoms with Gasteiger partial charge in [-0.25, -0.2) is 4.79 Å². The van der Waals surface area contributed by atoms with Gasteiger partial charge < -0.3 is 35.8 Å². The molecule has 0 bridgehead atoms. The zero-order chi connectivity index (χ0) is 42.4. The van der Waals surface area contributed by atoms with Crippen LogP contribution in [0.3, 0.4) is 0 Å². The van der Waals surface area contributed by atoms with Crippen molar-refractivity contribution in [2.75, 3.05) is 33.7 Å². The lowest BCUT2D eigenvalue weighted by atomic mass is 10.0. The molecular weight excluding hydrogens is 727 g/mol. The molecule has 2 saturated heterocycles. The van der Waals surface area contributed by atoms with E-state index in [1.165, 1.54) is 89.2 Å². The second-order valence-corrected chi connectivity index (χ2v) is 16.0. The Kier molecular flexibility index (Phi) is 28.0. The molecule has 0 aliphatic carbocycles. The van der Waals surface area contributed by atoms with E-state index in [4.69, 9.17) is 0 Å². The van der Waals surface area contributed by atoms with Crippen molar-refractivity contribution in [3.63, 3.8) is 0 Å². The third-order valence-electron chi connectivity index (χ3n) is 10.7. The van der Waals surface area contributed by atoms with Crippen LogP contribution in [-0.4, -0.2) is 114 Å².